The normalized spacial score (nSPS) is 11.5. The number of carboxylic acid groups (broad SMARTS) is 1. The first-order chi connectivity index (χ1) is 10.4. The summed E-state index contributed by atoms with van der Waals surface area (Å²) in [6.07, 6.45) is 1.58. The van der Waals surface area contributed by atoms with Gasteiger partial charge in [-0.3, -0.25) is 0 Å². The fourth-order valence-corrected chi connectivity index (χ4v) is 3.53. The molecule has 3 aromatic heterocycles. The molecule has 0 atom stereocenters. The molecule has 0 radical (unpaired) electrons. The molecule has 5 nitrogen and oxygen atoms in total. The second-order valence-electron chi connectivity index (χ2n) is 5.61. The zero-order valence-electron chi connectivity index (χ0n) is 12.9. The lowest BCUT2D eigenvalue weighted by Gasteiger charge is -2.09. The summed E-state index contributed by atoms with van der Waals surface area (Å²) >= 11 is 1.69. The second-order valence-corrected chi connectivity index (χ2v) is 7.07. The van der Waals surface area contributed by atoms with E-state index in [1.54, 1.807) is 28.3 Å². The molecular formula is C16H17N3O2S. The Balaban J connectivity index is 2.34. The standard InChI is InChI=1S/C16H17N3O2S/c1-8(2)19-15-13(7-17-19)12(16(20)21)6-14(18-15)11-5-9(3)22-10(11)4/h5-8H,1-4H3,(H,20,21). The Morgan fingerprint density at radius 1 is 1.32 bits per heavy atom. The van der Waals surface area contributed by atoms with Crippen LogP contribution in [0.25, 0.3) is 22.3 Å². The van der Waals surface area contributed by atoms with E-state index in [1.807, 2.05) is 27.7 Å². The van der Waals surface area contributed by atoms with Crippen molar-refractivity contribution in [3.63, 3.8) is 0 Å². The molecule has 3 rings (SSSR count). The fourth-order valence-electron chi connectivity index (χ4n) is 2.60. The predicted octanol–water partition coefficient (Wildman–Crippen LogP) is 4.06. The number of pyridine rings is 1. The van der Waals surface area contributed by atoms with Gasteiger partial charge in [0.2, 0.25) is 0 Å². The van der Waals surface area contributed by atoms with Crippen LogP contribution in [0.5, 0.6) is 0 Å². The zero-order chi connectivity index (χ0) is 16.0. The molecule has 3 aromatic rings. The van der Waals surface area contributed by atoms with Gasteiger partial charge in [-0.15, -0.1) is 11.3 Å². The van der Waals surface area contributed by atoms with E-state index in [1.165, 1.54) is 4.88 Å². The molecule has 0 bridgehead atoms. The van der Waals surface area contributed by atoms with Gasteiger partial charge in [-0.2, -0.15) is 5.10 Å². The maximum Gasteiger partial charge on any atom is 0.336 e. The molecule has 0 spiro atoms. The van der Waals surface area contributed by atoms with E-state index in [-0.39, 0.29) is 11.6 Å². The van der Waals surface area contributed by atoms with Crippen molar-refractivity contribution in [2.24, 2.45) is 0 Å². The minimum atomic E-state index is -0.957. The third-order valence-corrected chi connectivity index (χ3v) is 4.57. The number of aromatic carboxylic acids is 1. The number of aromatic nitrogens is 3. The lowest BCUT2D eigenvalue weighted by Crippen LogP contribution is -2.05. The van der Waals surface area contributed by atoms with E-state index in [4.69, 9.17) is 0 Å². The highest BCUT2D eigenvalue weighted by atomic mass is 32.1. The molecule has 0 saturated carbocycles. The summed E-state index contributed by atoms with van der Waals surface area (Å²) in [5.74, 6) is -0.957. The van der Waals surface area contributed by atoms with Gasteiger partial charge in [-0.25, -0.2) is 14.5 Å². The molecule has 114 valence electrons. The Morgan fingerprint density at radius 2 is 2.05 bits per heavy atom. The van der Waals surface area contributed by atoms with Gasteiger partial charge in [0.25, 0.3) is 0 Å². The number of thiophene rings is 1. The van der Waals surface area contributed by atoms with Crippen molar-refractivity contribution in [1.29, 1.82) is 0 Å². The van der Waals surface area contributed by atoms with Crippen LogP contribution in [-0.2, 0) is 0 Å². The van der Waals surface area contributed by atoms with Crippen LogP contribution in [0.1, 0.15) is 40.0 Å². The molecule has 3 heterocycles. The van der Waals surface area contributed by atoms with Crippen molar-refractivity contribution < 1.29 is 9.90 Å². The van der Waals surface area contributed by atoms with E-state index < -0.39 is 5.97 Å². The first kappa shape index (κ1) is 14.7. The fraction of sp³-hybridized carbons (Fsp3) is 0.312. The van der Waals surface area contributed by atoms with Gasteiger partial charge in [-0.1, -0.05) is 0 Å². The molecule has 0 amide bonds. The number of hydrogen-bond donors (Lipinski definition) is 1. The molecule has 0 aliphatic rings. The number of aryl methyl sites for hydroxylation is 2. The Hall–Kier alpha value is -2.21. The molecule has 0 aliphatic carbocycles. The maximum atomic E-state index is 11.6. The van der Waals surface area contributed by atoms with Crippen molar-refractivity contribution in [2.75, 3.05) is 0 Å². The number of carboxylic acids is 1. The van der Waals surface area contributed by atoms with Crippen LogP contribution in [0, 0.1) is 13.8 Å². The monoisotopic (exact) mass is 315 g/mol. The largest absolute Gasteiger partial charge is 0.478 e. The number of carbonyl (C=O) groups is 1. The number of hydrogen-bond acceptors (Lipinski definition) is 4. The van der Waals surface area contributed by atoms with Gasteiger partial charge < -0.3 is 5.11 Å². The molecule has 22 heavy (non-hydrogen) atoms. The van der Waals surface area contributed by atoms with Crippen molar-refractivity contribution in [3.05, 3.63) is 33.6 Å². The average Bonchev–Trinajstić information content (AvgIpc) is 3.00. The van der Waals surface area contributed by atoms with Gasteiger partial charge in [-0.05, 0) is 39.8 Å². The van der Waals surface area contributed by atoms with E-state index in [0.29, 0.717) is 16.7 Å². The van der Waals surface area contributed by atoms with Crippen molar-refractivity contribution in [3.8, 4) is 11.3 Å². The highest BCUT2D eigenvalue weighted by Crippen LogP contribution is 2.32. The predicted molar refractivity (Wildman–Crippen MR) is 87.7 cm³/mol. The topological polar surface area (TPSA) is 68.0 Å². The van der Waals surface area contributed by atoms with Gasteiger partial charge in [0, 0.05) is 21.4 Å². The summed E-state index contributed by atoms with van der Waals surface area (Å²) in [4.78, 5) is 18.6. The third kappa shape index (κ3) is 2.29. The third-order valence-electron chi connectivity index (χ3n) is 3.60. The highest BCUT2D eigenvalue weighted by Gasteiger charge is 2.19. The van der Waals surface area contributed by atoms with Crippen LogP contribution in [0.2, 0.25) is 0 Å². The first-order valence-corrected chi connectivity index (χ1v) is 7.89. The SMILES string of the molecule is Cc1cc(-c2cc(C(=O)O)c3cnn(C(C)C)c3n2)c(C)s1. The summed E-state index contributed by atoms with van der Waals surface area (Å²) in [7, 11) is 0. The Kier molecular flexibility index (Phi) is 3.48. The number of nitrogens with zero attached hydrogens (tertiary/aromatic N) is 3. The van der Waals surface area contributed by atoms with Gasteiger partial charge in [0.05, 0.1) is 22.8 Å². The van der Waals surface area contributed by atoms with E-state index >= 15 is 0 Å². The Labute approximate surface area is 132 Å². The van der Waals surface area contributed by atoms with Crippen molar-refractivity contribution in [2.45, 2.75) is 33.7 Å². The zero-order valence-corrected chi connectivity index (χ0v) is 13.7. The molecule has 0 fully saturated rings. The average molecular weight is 315 g/mol. The molecule has 0 unspecified atom stereocenters. The van der Waals surface area contributed by atoms with Crippen LogP contribution in [0.3, 0.4) is 0 Å². The lowest BCUT2D eigenvalue weighted by atomic mass is 10.1. The lowest BCUT2D eigenvalue weighted by molar-refractivity contribution is 0.0699. The molecule has 6 heteroatoms. The Bertz CT molecular complexity index is 877. The molecule has 0 saturated heterocycles. The number of fused-ring (bicyclic) bond motifs is 1. The highest BCUT2D eigenvalue weighted by molar-refractivity contribution is 7.12. The van der Waals surface area contributed by atoms with Crippen molar-refractivity contribution in [1.82, 2.24) is 14.8 Å². The quantitative estimate of drug-likeness (QED) is 0.791. The second kappa shape index (κ2) is 5.21. The van der Waals surface area contributed by atoms with Crippen LogP contribution < -0.4 is 0 Å². The minimum absolute atomic E-state index is 0.118. The summed E-state index contributed by atoms with van der Waals surface area (Å²) in [6.45, 7) is 8.07. The van der Waals surface area contributed by atoms with E-state index in [2.05, 4.69) is 16.1 Å². The minimum Gasteiger partial charge on any atom is -0.478 e. The molecular weight excluding hydrogens is 298 g/mol. The van der Waals surface area contributed by atoms with Crippen LogP contribution in [0.15, 0.2) is 18.3 Å². The van der Waals surface area contributed by atoms with Crippen molar-refractivity contribution >= 4 is 28.3 Å². The first-order valence-electron chi connectivity index (χ1n) is 7.07. The number of rotatable bonds is 3. The summed E-state index contributed by atoms with van der Waals surface area (Å²) in [6, 6.07) is 3.81. The molecule has 0 aromatic carbocycles. The summed E-state index contributed by atoms with van der Waals surface area (Å²) < 4.78 is 1.76. The van der Waals surface area contributed by atoms with Gasteiger partial charge in [0.1, 0.15) is 0 Å². The maximum absolute atomic E-state index is 11.6. The molecule has 1 N–H and O–H groups in total. The van der Waals surface area contributed by atoms with Crippen LogP contribution in [-0.4, -0.2) is 25.8 Å². The van der Waals surface area contributed by atoms with Gasteiger partial charge >= 0.3 is 5.97 Å². The van der Waals surface area contributed by atoms with E-state index in [9.17, 15) is 9.90 Å². The molecule has 0 aliphatic heterocycles. The van der Waals surface area contributed by atoms with Gasteiger partial charge in [0.15, 0.2) is 5.65 Å². The summed E-state index contributed by atoms with van der Waals surface area (Å²) in [5, 5.41) is 14.4. The van der Waals surface area contributed by atoms with Crippen LogP contribution >= 0.6 is 11.3 Å². The smallest absolute Gasteiger partial charge is 0.336 e. The van der Waals surface area contributed by atoms with Crippen LogP contribution in [0.4, 0.5) is 0 Å². The summed E-state index contributed by atoms with van der Waals surface area (Å²) in [5.41, 5.74) is 2.54. The van der Waals surface area contributed by atoms with E-state index in [0.717, 1.165) is 10.4 Å². The Morgan fingerprint density at radius 3 is 2.59 bits per heavy atom.